The van der Waals surface area contributed by atoms with Crippen molar-refractivity contribution in [1.29, 1.82) is 0 Å². The lowest BCUT2D eigenvalue weighted by molar-refractivity contribution is -0.110. The lowest BCUT2D eigenvalue weighted by atomic mass is 10.4. The lowest BCUT2D eigenvalue weighted by Gasteiger charge is -1.88. The Morgan fingerprint density at radius 1 is 1.44 bits per heavy atom. The van der Waals surface area contributed by atoms with E-state index in [1.165, 1.54) is 0 Å². The topological polar surface area (TPSA) is 49.7 Å². The van der Waals surface area contributed by atoms with Gasteiger partial charge in [-0.05, 0) is 31.9 Å². The van der Waals surface area contributed by atoms with E-state index in [1.54, 1.807) is 0 Å². The predicted octanol–water partition coefficient (Wildman–Crippen LogP) is 1.87. The SMILES string of the molecule is O=C(Br)CC/C(Br)=N/O. The summed E-state index contributed by atoms with van der Waals surface area (Å²) < 4.78 is 0.290. The molecule has 0 saturated carbocycles. The molecule has 5 heteroatoms. The minimum atomic E-state index is -0.0944. The zero-order chi connectivity index (χ0) is 7.28. The fraction of sp³-hybridized carbons (Fsp3) is 0.500. The first kappa shape index (κ1) is 9.10. The van der Waals surface area contributed by atoms with E-state index in [1.807, 2.05) is 0 Å². The Morgan fingerprint density at radius 3 is 2.33 bits per heavy atom. The molecule has 0 aromatic carbocycles. The summed E-state index contributed by atoms with van der Waals surface area (Å²) in [6.07, 6.45) is 0.769. The Labute approximate surface area is 69.4 Å². The van der Waals surface area contributed by atoms with Crippen LogP contribution in [-0.2, 0) is 4.79 Å². The highest BCUT2D eigenvalue weighted by molar-refractivity contribution is 9.18. The van der Waals surface area contributed by atoms with Gasteiger partial charge in [0.2, 0.25) is 0 Å². The molecular weight excluding hydrogens is 254 g/mol. The summed E-state index contributed by atoms with van der Waals surface area (Å²) in [6, 6.07) is 0. The van der Waals surface area contributed by atoms with Crippen LogP contribution in [0.2, 0.25) is 0 Å². The average molecular weight is 259 g/mol. The Kier molecular flexibility index (Phi) is 4.99. The van der Waals surface area contributed by atoms with Gasteiger partial charge < -0.3 is 5.21 Å². The molecule has 0 aromatic heterocycles. The maximum absolute atomic E-state index is 10.2. The van der Waals surface area contributed by atoms with Gasteiger partial charge in [-0.1, -0.05) is 5.16 Å². The van der Waals surface area contributed by atoms with Gasteiger partial charge in [-0.15, -0.1) is 0 Å². The van der Waals surface area contributed by atoms with Crippen LogP contribution in [-0.4, -0.2) is 14.5 Å². The smallest absolute Gasteiger partial charge is 0.198 e. The maximum atomic E-state index is 10.2. The van der Waals surface area contributed by atoms with Gasteiger partial charge in [0.15, 0.2) is 4.69 Å². The molecule has 0 fully saturated rings. The average Bonchev–Trinajstić information content (AvgIpc) is 1.83. The summed E-state index contributed by atoms with van der Waals surface area (Å²) >= 11 is 5.67. The normalized spacial score (nSPS) is 11.6. The number of nitrogens with zero attached hydrogens (tertiary/aromatic N) is 1. The number of hydrogen-bond acceptors (Lipinski definition) is 3. The van der Waals surface area contributed by atoms with Gasteiger partial charge >= 0.3 is 0 Å². The molecule has 0 aliphatic carbocycles. The molecular formula is C4H5Br2NO2. The molecule has 1 N–H and O–H groups in total. The minimum Gasteiger partial charge on any atom is -0.410 e. The molecule has 52 valence electrons. The van der Waals surface area contributed by atoms with Gasteiger partial charge in [0, 0.05) is 12.8 Å². The van der Waals surface area contributed by atoms with E-state index in [0.29, 0.717) is 17.5 Å². The molecule has 0 aromatic rings. The van der Waals surface area contributed by atoms with E-state index >= 15 is 0 Å². The zero-order valence-corrected chi connectivity index (χ0v) is 7.64. The van der Waals surface area contributed by atoms with Crippen molar-refractivity contribution in [2.45, 2.75) is 12.8 Å². The first-order valence-corrected chi connectivity index (χ1v) is 3.80. The summed E-state index contributed by atoms with van der Waals surface area (Å²) in [4.78, 5) is 10.2. The van der Waals surface area contributed by atoms with E-state index in [-0.39, 0.29) is 4.69 Å². The van der Waals surface area contributed by atoms with Crippen molar-refractivity contribution in [3.63, 3.8) is 0 Å². The minimum absolute atomic E-state index is 0.0944. The van der Waals surface area contributed by atoms with Crippen molar-refractivity contribution < 1.29 is 10.0 Å². The largest absolute Gasteiger partial charge is 0.410 e. The number of oxime groups is 1. The van der Waals surface area contributed by atoms with Crippen LogP contribution in [0.15, 0.2) is 5.16 Å². The van der Waals surface area contributed by atoms with Crippen LogP contribution in [0.5, 0.6) is 0 Å². The molecule has 0 atom stereocenters. The van der Waals surface area contributed by atoms with Crippen LogP contribution in [0.1, 0.15) is 12.8 Å². The Morgan fingerprint density at radius 2 is 2.00 bits per heavy atom. The summed E-state index contributed by atoms with van der Waals surface area (Å²) in [7, 11) is 0. The second-order valence-corrected chi connectivity index (χ2v) is 3.13. The Hall–Kier alpha value is 0.1000. The van der Waals surface area contributed by atoms with Crippen molar-refractivity contribution >= 4 is 41.2 Å². The predicted molar refractivity (Wildman–Crippen MR) is 41.3 cm³/mol. The van der Waals surface area contributed by atoms with Crippen LogP contribution >= 0.6 is 31.9 Å². The third-order valence-corrected chi connectivity index (χ3v) is 1.59. The van der Waals surface area contributed by atoms with E-state index < -0.39 is 0 Å². The Bertz CT molecular complexity index is 135. The zero-order valence-electron chi connectivity index (χ0n) is 4.47. The van der Waals surface area contributed by atoms with Gasteiger partial charge in [0.25, 0.3) is 0 Å². The summed E-state index contributed by atoms with van der Waals surface area (Å²) in [5.74, 6) is 0. The number of halogens is 2. The molecule has 0 heterocycles. The summed E-state index contributed by atoms with van der Waals surface area (Å²) in [6.45, 7) is 0. The highest BCUT2D eigenvalue weighted by Crippen LogP contribution is 2.02. The molecule has 0 rings (SSSR count). The Balaban J connectivity index is 3.39. The van der Waals surface area contributed by atoms with Crippen molar-refractivity contribution in [1.82, 2.24) is 0 Å². The lowest BCUT2D eigenvalue weighted by Crippen LogP contribution is -1.91. The van der Waals surface area contributed by atoms with Crippen molar-refractivity contribution in [3.05, 3.63) is 0 Å². The van der Waals surface area contributed by atoms with Crippen molar-refractivity contribution in [2.24, 2.45) is 5.16 Å². The third kappa shape index (κ3) is 5.98. The second kappa shape index (κ2) is 4.93. The summed E-state index contributed by atoms with van der Waals surface area (Å²) in [5, 5.41) is 10.9. The molecule has 0 aliphatic heterocycles. The van der Waals surface area contributed by atoms with E-state index in [0.717, 1.165) is 0 Å². The monoisotopic (exact) mass is 257 g/mol. The number of hydrogen-bond donors (Lipinski definition) is 1. The molecule has 0 spiro atoms. The molecule has 0 radical (unpaired) electrons. The van der Waals surface area contributed by atoms with Gasteiger partial charge in [-0.2, -0.15) is 0 Å². The standard InChI is InChI=1S/C4H5Br2NO2/c5-3(7-9)1-2-4(6)8/h9H,1-2H2/b7-3-. The highest BCUT2D eigenvalue weighted by Gasteiger charge is 1.98. The number of rotatable bonds is 3. The van der Waals surface area contributed by atoms with Crippen LogP contribution < -0.4 is 0 Å². The fourth-order valence-electron chi connectivity index (χ4n) is 0.251. The second-order valence-electron chi connectivity index (χ2n) is 1.33. The maximum Gasteiger partial charge on any atom is 0.198 e. The molecule has 0 bridgehead atoms. The molecule has 0 saturated heterocycles. The molecule has 0 aliphatic rings. The molecule has 0 unspecified atom stereocenters. The fourth-order valence-corrected chi connectivity index (χ4v) is 0.648. The first-order valence-electron chi connectivity index (χ1n) is 2.21. The van der Waals surface area contributed by atoms with Crippen LogP contribution in [0, 0.1) is 0 Å². The van der Waals surface area contributed by atoms with Crippen LogP contribution in [0.4, 0.5) is 0 Å². The van der Waals surface area contributed by atoms with Gasteiger partial charge in [0.05, 0.1) is 0 Å². The molecule has 3 nitrogen and oxygen atoms in total. The van der Waals surface area contributed by atoms with Gasteiger partial charge in [-0.3, -0.25) is 4.79 Å². The highest BCUT2D eigenvalue weighted by atomic mass is 79.9. The number of carbonyl (C=O) groups is 1. The van der Waals surface area contributed by atoms with E-state index in [9.17, 15) is 4.79 Å². The third-order valence-electron chi connectivity index (χ3n) is 0.636. The summed E-state index contributed by atoms with van der Waals surface area (Å²) in [5.41, 5.74) is 0. The number of carbonyl (C=O) groups excluding carboxylic acids is 1. The van der Waals surface area contributed by atoms with E-state index in [4.69, 9.17) is 5.21 Å². The van der Waals surface area contributed by atoms with E-state index in [2.05, 4.69) is 37.0 Å². The van der Waals surface area contributed by atoms with Crippen molar-refractivity contribution in [3.8, 4) is 0 Å². The quantitative estimate of drug-likeness (QED) is 0.364. The first-order chi connectivity index (χ1) is 4.16. The van der Waals surface area contributed by atoms with Gasteiger partial charge in [0.1, 0.15) is 4.62 Å². The van der Waals surface area contributed by atoms with Crippen LogP contribution in [0.3, 0.4) is 0 Å². The molecule has 0 amide bonds. The van der Waals surface area contributed by atoms with Gasteiger partial charge in [-0.25, -0.2) is 0 Å². The van der Waals surface area contributed by atoms with Crippen molar-refractivity contribution in [2.75, 3.05) is 0 Å². The molecule has 9 heavy (non-hydrogen) atoms. The van der Waals surface area contributed by atoms with Crippen LogP contribution in [0.25, 0.3) is 0 Å².